The maximum atomic E-state index is 13.0. The molecular formula is C27H28N6OS. The molecule has 1 atom stereocenters. The standard InChI is InChI=1S/C27H28N6OS/c1-3-25(26-29-30-31-33(26)16-20-8-5-4-6-9-20)32(18-23-10-7-13-35-23)17-22-15-21-14-19(2)11-12-24(21)28-27(22)34/h4-15,25H,3,16-18H2,1-2H3,(H,28,34)/t25-/m0/s1. The summed E-state index contributed by atoms with van der Waals surface area (Å²) in [5, 5.41) is 15.9. The number of aryl methyl sites for hydroxylation is 1. The Kier molecular flexibility index (Phi) is 6.83. The Labute approximate surface area is 208 Å². The van der Waals surface area contributed by atoms with Gasteiger partial charge in [0.25, 0.3) is 5.56 Å². The molecule has 0 unspecified atom stereocenters. The highest BCUT2D eigenvalue weighted by molar-refractivity contribution is 7.09. The Bertz CT molecular complexity index is 1460. The number of nitrogens with one attached hydrogen (secondary N) is 1. The van der Waals surface area contributed by atoms with Crippen LogP contribution in [0.5, 0.6) is 0 Å². The Morgan fingerprint density at radius 1 is 1.06 bits per heavy atom. The highest BCUT2D eigenvalue weighted by Crippen LogP contribution is 2.28. The summed E-state index contributed by atoms with van der Waals surface area (Å²) in [5.74, 6) is 0.806. The lowest BCUT2D eigenvalue weighted by molar-refractivity contribution is 0.163. The van der Waals surface area contributed by atoms with Crippen LogP contribution in [0.4, 0.5) is 0 Å². The zero-order chi connectivity index (χ0) is 24.2. The van der Waals surface area contributed by atoms with Crippen LogP contribution in [0.1, 0.15) is 46.8 Å². The molecule has 0 amide bonds. The van der Waals surface area contributed by atoms with Crippen LogP contribution in [0.15, 0.2) is 76.9 Å². The lowest BCUT2D eigenvalue weighted by atomic mass is 10.1. The van der Waals surface area contributed by atoms with Gasteiger partial charge < -0.3 is 4.98 Å². The van der Waals surface area contributed by atoms with Crippen molar-refractivity contribution >= 4 is 22.2 Å². The summed E-state index contributed by atoms with van der Waals surface area (Å²) in [5.41, 5.74) is 3.84. The maximum absolute atomic E-state index is 13.0. The second-order valence-corrected chi connectivity index (χ2v) is 9.84. The van der Waals surface area contributed by atoms with Gasteiger partial charge in [-0.3, -0.25) is 9.69 Å². The van der Waals surface area contributed by atoms with Crippen molar-refractivity contribution in [2.45, 2.75) is 45.9 Å². The van der Waals surface area contributed by atoms with Gasteiger partial charge in [0.1, 0.15) is 0 Å². The van der Waals surface area contributed by atoms with Crippen LogP contribution in [0.2, 0.25) is 0 Å². The fourth-order valence-corrected chi connectivity index (χ4v) is 5.24. The second-order valence-electron chi connectivity index (χ2n) is 8.80. The summed E-state index contributed by atoms with van der Waals surface area (Å²) < 4.78 is 1.87. The lowest BCUT2D eigenvalue weighted by Gasteiger charge is -2.30. The van der Waals surface area contributed by atoms with Crippen LogP contribution < -0.4 is 5.56 Å². The second kappa shape index (κ2) is 10.3. The summed E-state index contributed by atoms with van der Waals surface area (Å²) in [7, 11) is 0. The minimum absolute atomic E-state index is 0.0524. The maximum Gasteiger partial charge on any atom is 0.252 e. The molecule has 0 aliphatic rings. The van der Waals surface area contributed by atoms with Crippen molar-refractivity contribution in [3.8, 4) is 0 Å². The highest BCUT2D eigenvalue weighted by Gasteiger charge is 2.26. The van der Waals surface area contributed by atoms with Crippen LogP contribution in [0, 0.1) is 6.92 Å². The predicted octanol–water partition coefficient (Wildman–Crippen LogP) is 5.09. The fraction of sp³-hybridized carbons (Fsp3) is 0.259. The number of rotatable bonds is 9. The lowest BCUT2D eigenvalue weighted by Crippen LogP contribution is -2.32. The predicted molar refractivity (Wildman–Crippen MR) is 139 cm³/mol. The average molecular weight is 485 g/mol. The molecule has 0 fully saturated rings. The van der Waals surface area contributed by atoms with E-state index in [4.69, 9.17) is 0 Å². The van der Waals surface area contributed by atoms with Crippen LogP contribution in [0.25, 0.3) is 10.9 Å². The first kappa shape index (κ1) is 23.1. The Morgan fingerprint density at radius 3 is 2.69 bits per heavy atom. The summed E-state index contributed by atoms with van der Waals surface area (Å²) in [4.78, 5) is 19.6. The molecule has 2 aromatic carbocycles. The zero-order valence-corrected chi connectivity index (χ0v) is 20.7. The molecule has 35 heavy (non-hydrogen) atoms. The first-order valence-electron chi connectivity index (χ1n) is 11.8. The van der Waals surface area contributed by atoms with Gasteiger partial charge >= 0.3 is 0 Å². The number of H-pyrrole nitrogens is 1. The van der Waals surface area contributed by atoms with Gasteiger partial charge in [-0.25, -0.2) is 4.68 Å². The highest BCUT2D eigenvalue weighted by atomic mass is 32.1. The third-order valence-electron chi connectivity index (χ3n) is 6.25. The zero-order valence-electron chi connectivity index (χ0n) is 19.9. The van der Waals surface area contributed by atoms with E-state index in [9.17, 15) is 4.79 Å². The van der Waals surface area contributed by atoms with Gasteiger partial charge in [-0.15, -0.1) is 16.4 Å². The van der Waals surface area contributed by atoms with E-state index in [2.05, 4.69) is 75.0 Å². The van der Waals surface area contributed by atoms with Gasteiger partial charge in [-0.2, -0.15) is 0 Å². The summed E-state index contributed by atoms with van der Waals surface area (Å²) >= 11 is 1.72. The van der Waals surface area contributed by atoms with Gasteiger partial charge in [0.05, 0.1) is 12.6 Å². The van der Waals surface area contributed by atoms with Gasteiger partial charge in [0.2, 0.25) is 0 Å². The van der Waals surface area contributed by atoms with Gasteiger partial charge in [-0.1, -0.05) is 55.0 Å². The molecule has 5 aromatic rings. The van der Waals surface area contributed by atoms with Crippen LogP contribution in [-0.2, 0) is 19.6 Å². The first-order valence-corrected chi connectivity index (χ1v) is 12.7. The normalized spacial score (nSPS) is 12.4. The smallest absolute Gasteiger partial charge is 0.252 e. The minimum Gasteiger partial charge on any atom is -0.322 e. The monoisotopic (exact) mass is 484 g/mol. The van der Waals surface area contributed by atoms with Crippen LogP contribution in [-0.4, -0.2) is 30.1 Å². The molecule has 0 aliphatic heterocycles. The van der Waals surface area contributed by atoms with Crippen molar-refractivity contribution in [3.63, 3.8) is 0 Å². The molecule has 7 nitrogen and oxygen atoms in total. The number of pyridine rings is 1. The molecule has 8 heteroatoms. The summed E-state index contributed by atoms with van der Waals surface area (Å²) in [6, 6.07) is 22.4. The molecule has 3 aromatic heterocycles. The molecule has 0 radical (unpaired) electrons. The molecule has 0 saturated carbocycles. The SMILES string of the molecule is CC[C@@H](c1nnnn1Cc1ccccc1)N(Cc1cccs1)Cc1cc2cc(C)ccc2[nH]c1=O. The third kappa shape index (κ3) is 5.23. The molecule has 5 rings (SSSR count). The molecule has 0 saturated heterocycles. The topological polar surface area (TPSA) is 79.7 Å². The Morgan fingerprint density at radius 2 is 1.91 bits per heavy atom. The van der Waals surface area contributed by atoms with Crippen molar-refractivity contribution in [2.75, 3.05) is 0 Å². The number of aromatic nitrogens is 5. The average Bonchev–Trinajstić information content (AvgIpc) is 3.54. The van der Waals surface area contributed by atoms with Crippen LogP contribution in [0.3, 0.4) is 0 Å². The van der Waals surface area contributed by atoms with Gasteiger partial charge in [0, 0.05) is 29.0 Å². The number of benzene rings is 2. The van der Waals surface area contributed by atoms with Crippen molar-refractivity contribution in [3.05, 3.63) is 110 Å². The van der Waals surface area contributed by atoms with E-state index in [1.807, 2.05) is 41.1 Å². The fourth-order valence-electron chi connectivity index (χ4n) is 4.51. The molecule has 178 valence electrons. The van der Waals surface area contributed by atoms with E-state index < -0.39 is 0 Å². The van der Waals surface area contributed by atoms with Crippen molar-refractivity contribution in [1.29, 1.82) is 0 Å². The van der Waals surface area contributed by atoms with E-state index in [1.165, 1.54) is 4.88 Å². The molecule has 0 spiro atoms. The Balaban J connectivity index is 1.51. The van der Waals surface area contributed by atoms with Gasteiger partial charge in [-0.05, 0) is 64.4 Å². The Hall–Kier alpha value is -3.62. The minimum atomic E-state index is -0.0590. The van der Waals surface area contributed by atoms with E-state index in [1.54, 1.807) is 11.3 Å². The van der Waals surface area contributed by atoms with E-state index >= 15 is 0 Å². The first-order chi connectivity index (χ1) is 17.1. The molecule has 3 heterocycles. The van der Waals surface area contributed by atoms with E-state index in [-0.39, 0.29) is 11.6 Å². The summed E-state index contributed by atoms with van der Waals surface area (Å²) in [6.45, 7) is 6.00. The molecular weight excluding hydrogens is 456 g/mol. The largest absolute Gasteiger partial charge is 0.322 e. The third-order valence-corrected chi connectivity index (χ3v) is 7.11. The number of hydrogen-bond donors (Lipinski definition) is 1. The van der Waals surface area contributed by atoms with Crippen LogP contribution >= 0.6 is 11.3 Å². The molecule has 1 N–H and O–H groups in total. The van der Waals surface area contributed by atoms with Crippen molar-refractivity contribution in [2.24, 2.45) is 0 Å². The summed E-state index contributed by atoms with van der Waals surface area (Å²) in [6.07, 6.45) is 0.811. The van der Waals surface area contributed by atoms with E-state index in [0.29, 0.717) is 19.6 Å². The van der Waals surface area contributed by atoms with Crippen molar-refractivity contribution in [1.82, 2.24) is 30.1 Å². The number of nitrogens with zero attached hydrogens (tertiary/aromatic N) is 5. The number of tetrazole rings is 1. The van der Waals surface area contributed by atoms with Gasteiger partial charge in [0.15, 0.2) is 5.82 Å². The number of aromatic amines is 1. The number of thiophene rings is 1. The van der Waals surface area contributed by atoms with Crippen molar-refractivity contribution < 1.29 is 0 Å². The van der Waals surface area contributed by atoms with E-state index in [0.717, 1.165) is 39.8 Å². The number of fused-ring (bicyclic) bond motifs is 1. The molecule has 0 bridgehead atoms. The quantitative estimate of drug-likeness (QED) is 0.315. The molecule has 0 aliphatic carbocycles. The number of hydrogen-bond acceptors (Lipinski definition) is 6.